The average Bonchev–Trinajstić information content (AvgIpc) is 3.00. The fourth-order valence-electron chi connectivity index (χ4n) is 2.90. The van der Waals surface area contributed by atoms with Crippen LogP contribution in [0.3, 0.4) is 0 Å². The first kappa shape index (κ1) is 14.2. The fourth-order valence-corrected chi connectivity index (χ4v) is 2.90. The second-order valence-electron chi connectivity index (χ2n) is 5.66. The molecule has 0 amide bonds. The summed E-state index contributed by atoms with van der Waals surface area (Å²) in [5.74, 6) is 1.06. The van der Waals surface area contributed by atoms with Crippen LogP contribution in [0.25, 0.3) is 0 Å². The molecule has 1 heterocycles. The van der Waals surface area contributed by atoms with Crippen LogP contribution < -0.4 is 10.1 Å². The molecule has 110 valence electrons. The molecule has 1 aliphatic rings. The molecule has 0 saturated heterocycles. The number of ether oxygens (including phenoxy) is 1. The van der Waals surface area contributed by atoms with Crippen LogP contribution in [0.1, 0.15) is 36.1 Å². The number of nitrogens with one attached hydrogen (secondary N) is 1. The van der Waals surface area contributed by atoms with Gasteiger partial charge in [-0.2, -0.15) is 0 Å². The molecule has 1 unspecified atom stereocenters. The minimum Gasteiger partial charge on any atom is -0.493 e. The second-order valence-corrected chi connectivity index (χ2v) is 5.66. The average molecular weight is 281 g/mol. The van der Waals surface area contributed by atoms with Crippen LogP contribution in [-0.4, -0.2) is 13.2 Å². The Morgan fingerprint density at radius 2 is 2.00 bits per heavy atom. The summed E-state index contributed by atoms with van der Waals surface area (Å²) in [6.45, 7) is 4.08. The zero-order valence-corrected chi connectivity index (χ0v) is 12.6. The monoisotopic (exact) mass is 281 g/mol. The Balaban J connectivity index is 1.81. The minimum atomic E-state index is 0.373. The van der Waals surface area contributed by atoms with Crippen molar-refractivity contribution >= 4 is 0 Å². The van der Waals surface area contributed by atoms with Crippen LogP contribution in [0.4, 0.5) is 0 Å². The molecular weight excluding hydrogens is 258 g/mol. The standard InChI is InChI=1S/C19H23NO/c1-2-11-20-18(13-15-6-4-3-5-7-15)16-8-9-19-17(14-16)10-12-21-19/h3-9,14,18,20H,2,10-13H2,1H3. The number of rotatable bonds is 6. The normalized spacial score (nSPS) is 14.5. The summed E-state index contributed by atoms with van der Waals surface area (Å²) in [4.78, 5) is 0. The van der Waals surface area contributed by atoms with Crippen molar-refractivity contribution in [2.45, 2.75) is 32.2 Å². The van der Waals surface area contributed by atoms with Crippen molar-refractivity contribution < 1.29 is 4.74 Å². The molecule has 0 spiro atoms. The highest BCUT2D eigenvalue weighted by molar-refractivity contribution is 5.41. The Labute approximate surface area is 127 Å². The van der Waals surface area contributed by atoms with Crippen molar-refractivity contribution in [2.75, 3.05) is 13.2 Å². The fraction of sp³-hybridized carbons (Fsp3) is 0.368. The number of benzene rings is 2. The quantitative estimate of drug-likeness (QED) is 0.867. The zero-order chi connectivity index (χ0) is 14.5. The highest BCUT2D eigenvalue weighted by atomic mass is 16.5. The molecule has 0 aromatic heterocycles. The van der Waals surface area contributed by atoms with E-state index in [0.717, 1.165) is 38.2 Å². The molecule has 2 aromatic rings. The lowest BCUT2D eigenvalue weighted by atomic mass is 9.96. The second kappa shape index (κ2) is 6.77. The highest BCUT2D eigenvalue weighted by Gasteiger charge is 2.17. The smallest absolute Gasteiger partial charge is 0.122 e. The topological polar surface area (TPSA) is 21.3 Å². The van der Waals surface area contributed by atoms with Crippen LogP contribution in [0.5, 0.6) is 5.75 Å². The van der Waals surface area contributed by atoms with Gasteiger partial charge in [-0.1, -0.05) is 49.4 Å². The van der Waals surface area contributed by atoms with E-state index < -0.39 is 0 Å². The third-order valence-electron chi connectivity index (χ3n) is 4.04. The van der Waals surface area contributed by atoms with Gasteiger partial charge in [0.25, 0.3) is 0 Å². The van der Waals surface area contributed by atoms with E-state index in [1.807, 2.05) is 0 Å². The molecule has 2 heteroatoms. The molecule has 0 aliphatic carbocycles. The highest BCUT2D eigenvalue weighted by Crippen LogP contribution is 2.29. The summed E-state index contributed by atoms with van der Waals surface area (Å²) >= 11 is 0. The van der Waals surface area contributed by atoms with E-state index in [-0.39, 0.29) is 0 Å². The first-order chi connectivity index (χ1) is 10.4. The van der Waals surface area contributed by atoms with E-state index in [0.29, 0.717) is 6.04 Å². The van der Waals surface area contributed by atoms with E-state index in [4.69, 9.17) is 4.74 Å². The summed E-state index contributed by atoms with van der Waals surface area (Å²) in [5, 5.41) is 3.68. The van der Waals surface area contributed by atoms with Crippen molar-refractivity contribution in [2.24, 2.45) is 0 Å². The summed E-state index contributed by atoms with van der Waals surface area (Å²) in [6, 6.07) is 17.7. The van der Waals surface area contributed by atoms with E-state index in [1.165, 1.54) is 16.7 Å². The van der Waals surface area contributed by atoms with Gasteiger partial charge in [0, 0.05) is 12.5 Å². The molecule has 2 nitrogen and oxygen atoms in total. The number of hydrogen-bond acceptors (Lipinski definition) is 2. The number of fused-ring (bicyclic) bond motifs is 1. The summed E-state index contributed by atoms with van der Waals surface area (Å²) in [5.41, 5.74) is 4.10. The van der Waals surface area contributed by atoms with Gasteiger partial charge < -0.3 is 10.1 Å². The molecule has 1 atom stereocenters. The van der Waals surface area contributed by atoms with Gasteiger partial charge in [-0.25, -0.2) is 0 Å². The maximum absolute atomic E-state index is 5.61. The Morgan fingerprint density at radius 1 is 1.14 bits per heavy atom. The van der Waals surface area contributed by atoms with Crippen molar-refractivity contribution in [3.05, 3.63) is 65.2 Å². The SMILES string of the molecule is CCCNC(Cc1ccccc1)c1ccc2c(c1)CCO2. The van der Waals surface area contributed by atoms with Gasteiger partial charge in [0.1, 0.15) is 5.75 Å². The Hall–Kier alpha value is -1.80. The summed E-state index contributed by atoms with van der Waals surface area (Å²) < 4.78 is 5.61. The lowest BCUT2D eigenvalue weighted by Crippen LogP contribution is -2.24. The van der Waals surface area contributed by atoms with Gasteiger partial charge in [-0.05, 0) is 42.1 Å². The largest absolute Gasteiger partial charge is 0.493 e. The van der Waals surface area contributed by atoms with Crippen LogP contribution in [0, 0.1) is 0 Å². The predicted octanol–water partition coefficient (Wildman–Crippen LogP) is 3.90. The molecule has 3 rings (SSSR count). The van der Waals surface area contributed by atoms with Gasteiger partial charge in [0.05, 0.1) is 6.61 Å². The van der Waals surface area contributed by atoms with Crippen LogP contribution >= 0.6 is 0 Å². The van der Waals surface area contributed by atoms with Gasteiger partial charge in [0.15, 0.2) is 0 Å². The molecule has 21 heavy (non-hydrogen) atoms. The predicted molar refractivity (Wildman–Crippen MR) is 86.8 cm³/mol. The Bertz CT molecular complexity index is 579. The van der Waals surface area contributed by atoms with Crippen molar-refractivity contribution in [1.29, 1.82) is 0 Å². The van der Waals surface area contributed by atoms with Crippen LogP contribution in [-0.2, 0) is 12.8 Å². The number of hydrogen-bond donors (Lipinski definition) is 1. The first-order valence-corrected chi connectivity index (χ1v) is 7.89. The van der Waals surface area contributed by atoms with Gasteiger partial charge in [-0.3, -0.25) is 0 Å². The molecule has 0 radical (unpaired) electrons. The summed E-state index contributed by atoms with van der Waals surface area (Å²) in [7, 11) is 0. The Kier molecular flexibility index (Phi) is 4.56. The third kappa shape index (κ3) is 3.45. The van der Waals surface area contributed by atoms with Crippen LogP contribution in [0.15, 0.2) is 48.5 Å². The van der Waals surface area contributed by atoms with E-state index in [2.05, 4.69) is 60.8 Å². The molecule has 0 saturated carbocycles. The molecule has 0 fully saturated rings. The summed E-state index contributed by atoms with van der Waals surface area (Å²) in [6.07, 6.45) is 3.22. The lowest BCUT2D eigenvalue weighted by molar-refractivity contribution is 0.356. The van der Waals surface area contributed by atoms with Crippen molar-refractivity contribution in [3.63, 3.8) is 0 Å². The molecule has 2 aromatic carbocycles. The van der Waals surface area contributed by atoms with Crippen LogP contribution in [0.2, 0.25) is 0 Å². The molecule has 1 N–H and O–H groups in total. The maximum Gasteiger partial charge on any atom is 0.122 e. The van der Waals surface area contributed by atoms with Crippen molar-refractivity contribution in [3.8, 4) is 5.75 Å². The molecule has 0 bridgehead atoms. The maximum atomic E-state index is 5.61. The van der Waals surface area contributed by atoms with Gasteiger partial charge in [-0.15, -0.1) is 0 Å². The van der Waals surface area contributed by atoms with Crippen molar-refractivity contribution in [1.82, 2.24) is 5.32 Å². The van der Waals surface area contributed by atoms with E-state index in [1.54, 1.807) is 0 Å². The zero-order valence-electron chi connectivity index (χ0n) is 12.6. The third-order valence-corrected chi connectivity index (χ3v) is 4.04. The first-order valence-electron chi connectivity index (χ1n) is 7.89. The molecule has 1 aliphatic heterocycles. The Morgan fingerprint density at radius 3 is 2.81 bits per heavy atom. The lowest BCUT2D eigenvalue weighted by Gasteiger charge is -2.20. The minimum absolute atomic E-state index is 0.373. The van der Waals surface area contributed by atoms with E-state index >= 15 is 0 Å². The molecular formula is C19H23NO. The van der Waals surface area contributed by atoms with E-state index in [9.17, 15) is 0 Å². The van der Waals surface area contributed by atoms with Gasteiger partial charge in [0.2, 0.25) is 0 Å². The van der Waals surface area contributed by atoms with Gasteiger partial charge >= 0.3 is 0 Å².